The van der Waals surface area contributed by atoms with Gasteiger partial charge in [0.05, 0.1) is 11.5 Å². The van der Waals surface area contributed by atoms with Gasteiger partial charge in [0.1, 0.15) is 0 Å². The topological polar surface area (TPSA) is 35.8 Å². The van der Waals surface area contributed by atoms with Gasteiger partial charge in [-0.25, -0.2) is 0 Å². The molecule has 0 radical (unpaired) electrons. The smallest absolute Gasteiger partial charge is 0.0684 e. The van der Waals surface area contributed by atoms with E-state index in [1.807, 2.05) is 13.8 Å². The number of hydrogen-bond acceptors (Lipinski definition) is 2. The van der Waals surface area contributed by atoms with E-state index in [1.54, 1.807) is 0 Å². The lowest BCUT2D eigenvalue weighted by molar-refractivity contribution is 0.368. The molecule has 0 aromatic heterocycles. The molecule has 0 rings (SSSR count). The fourth-order valence-electron chi connectivity index (χ4n) is 0.806. The molecule has 0 saturated heterocycles. The Morgan fingerprint density at radius 2 is 1.67 bits per heavy atom. The Bertz CT molecular complexity index is 169. The SMILES string of the molecule is CC(C)(C#N)CCNC(C)(C)C. The summed E-state index contributed by atoms with van der Waals surface area (Å²) in [5.74, 6) is 0. The summed E-state index contributed by atoms with van der Waals surface area (Å²) in [6.45, 7) is 11.2. The molecular formula is C10H20N2. The van der Waals surface area contributed by atoms with Crippen LogP contribution in [0.4, 0.5) is 0 Å². The molecule has 0 unspecified atom stereocenters. The van der Waals surface area contributed by atoms with Crippen LogP contribution in [0.25, 0.3) is 0 Å². The Kier molecular flexibility index (Phi) is 3.73. The minimum atomic E-state index is -0.196. The molecule has 0 aliphatic carbocycles. The van der Waals surface area contributed by atoms with Crippen molar-refractivity contribution >= 4 is 0 Å². The van der Waals surface area contributed by atoms with Crippen molar-refractivity contribution in [2.24, 2.45) is 5.41 Å². The summed E-state index contributed by atoms with van der Waals surface area (Å²) in [5, 5.41) is 12.1. The van der Waals surface area contributed by atoms with E-state index in [4.69, 9.17) is 5.26 Å². The lowest BCUT2D eigenvalue weighted by atomic mass is 9.91. The van der Waals surface area contributed by atoms with E-state index in [1.165, 1.54) is 0 Å². The lowest BCUT2D eigenvalue weighted by Crippen LogP contribution is -2.37. The minimum absolute atomic E-state index is 0.158. The Morgan fingerprint density at radius 3 is 2.00 bits per heavy atom. The number of hydrogen-bond donors (Lipinski definition) is 1. The van der Waals surface area contributed by atoms with Crippen LogP contribution in [-0.2, 0) is 0 Å². The normalized spacial score (nSPS) is 12.7. The standard InChI is InChI=1S/C10H20N2/c1-9(2,3)12-7-6-10(4,5)8-11/h12H,6-7H2,1-5H3. The maximum Gasteiger partial charge on any atom is 0.0684 e. The van der Waals surface area contributed by atoms with E-state index < -0.39 is 0 Å². The van der Waals surface area contributed by atoms with Crippen LogP contribution in [0.1, 0.15) is 41.0 Å². The molecule has 0 amide bonds. The first-order valence-corrected chi connectivity index (χ1v) is 4.43. The van der Waals surface area contributed by atoms with Gasteiger partial charge in [-0.2, -0.15) is 5.26 Å². The summed E-state index contributed by atoms with van der Waals surface area (Å²) in [6.07, 6.45) is 0.904. The van der Waals surface area contributed by atoms with E-state index in [0.717, 1.165) is 13.0 Å². The molecule has 0 fully saturated rings. The Morgan fingerprint density at radius 1 is 1.17 bits per heavy atom. The van der Waals surface area contributed by atoms with Gasteiger partial charge < -0.3 is 5.32 Å². The summed E-state index contributed by atoms with van der Waals surface area (Å²) < 4.78 is 0. The van der Waals surface area contributed by atoms with Crippen molar-refractivity contribution in [2.75, 3.05) is 6.54 Å². The maximum absolute atomic E-state index is 8.75. The highest BCUT2D eigenvalue weighted by Gasteiger charge is 2.17. The molecule has 12 heavy (non-hydrogen) atoms. The zero-order valence-corrected chi connectivity index (χ0v) is 8.86. The first-order valence-electron chi connectivity index (χ1n) is 4.43. The molecule has 1 N–H and O–H groups in total. The van der Waals surface area contributed by atoms with Crippen molar-refractivity contribution in [2.45, 2.75) is 46.6 Å². The second kappa shape index (κ2) is 3.91. The van der Waals surface area contributed by atoms with E-state index in [-0.39, 0.29) is 11.0 Å². The second-order valence-electron chi connectivity index (χ2n) is 4.92. The number of nitrogens with zero attached hydrogens (tertiary/aromatic N) is 1. The van der Waals surface area contributed by atoms with Gasteiger partial charge in [0.15, 0.2) is 0 Å². The molecule has 0 aliphatic rings. The predicted molar refractivity (Wildman–Crippen MR) is 51.8 cm³/mol. The quantitative estimate of drug-likeness (QED) is 0.702. The Hall–Kier alpha value is -0.550. The summed E-state index contributed by atoms with van der Waals surface area (Å²) in [6, 6.07) is 2.29. The van der Waals surface area contributed by atoms with Crippen molar-refractivity contribution in [1.29, 1.82) is 5.26 Å². The van der Waals surface area contributed by atoms with Crippen LogP contribution in [0.5, 0.6) is 0 Å². The van der Waals surface area contributed by atoms with Crippen molar-refractivity contribution in [3.8, 4) is 6.07 Å². The number of nitriles is 1. The third kappa shape index (κ3) is 6.18. The maximum atomic E-state index is 8.75. The van der Waals surface area contributed by atoms with Gasteiger partial charge in [0.2, 0.25) is 0 Å². The second-order valence-corrected chi connectivity index (χ2v) is 4.92. The minimum Gasteiger partial charge on any atom is -0.312 e. The monoisotopic (exact) mass is 168 g/mol. The van der Waals surface area contributed by atoms with Crippen molar-refractivity contribution in [3.05, 3.63) is 0 Å². The third-order valence-corrected chi connectivity index (χ3v) is 1.71. The highest BCUT2D eigenvalue weighted by molar-refractivity contribution is 4.92. The molecule has 2 heteroatoms. The van der Waals surface area contributed by atoms with Crippen LogP contribution < -0.4 is 5.32 Å². The summed E-state index contributed by atoms with van der Waals surface area (Å²) in [5.41, 5.74) is -0.0379. The molecule has 0 aliphatic heterocycles. The van der Waals surface area contributed by atoms with Crippen LogP contribution >= 0.6 is 0 Å². The molecule has 0 spiro atoms. The van der Waals surface area contributed by atoms with Crippen molar-refractivity contribution < 1.29 is 0 Å². The van der Waals surface area contributed by atoms with E-state index in [2.05, 4.69) is 32.2 Å². The highest BCUT2D eigenvalue weighted by atomic mass is 14.9. The van der Waals surface area contributed by atoms with Gasteiger partial charge in [-0.1, -0.05) is 0 Å². The molecule has 0 aromatic carbocycles. The third-order valence-electron chi connectivity index (χ3n) is 1.71. The zero-order chi connectivity index (χ0) is 9.83. The van der Waals surface area contributed by atoms with Gasteiger partial charge in [-0.05, 0) is 47.6 Å². The van der Waals surface area contributed by atoms with Crippen LogP contribution in [0.2, 0.25) is 0 Å². The zero-order valence-electron chi connectivity index (χ0n) is 8.86. The van der Waals surface area contributed by atoms with Gasteiger partial charge in [-0.3, -0.25) is 0 Å². The Labute approximate surface area is 76.0 Å². The number of rotatable bonds is 3. The molecule has 0 atom stereocenters. The average Bonchev–Trinajstić information content (AvgIpc) is 1.84. The summed E-state index contributed by atoms with van der Waals surface area (Å²) >= 11 is 0. The van der Waals surface area contributed by atoms with E-state index in [9.17, 15) is 0 Å². The first-order chi connectivity index (χ1) is 5.27. The summed E-state index contributed by atoms with van der Waals surface area (Å²) in [4.78, 5) is 0. The Balaban J connectivity index is 3.66. The highest BCUT2D eigenvalue weighted by Crippen LogP contribution is 2.17. The van der Waals surface area contributed by atoms with Crippen LogP contribution in [-0.4, -0.2) is 12.1 Å². The van der Waals surface area contributed by atoms with Crippen molar-refractivity contribution in [3.63, 3.8) is 0 Å². The largest absolute Gasteiger partial charge is 0.312 e. The predicted octanol–water partition coefficient (Wildman–Crippen LogP) is 2.31. The van der Waals surface area contributed by atoms with Gasteiger partial charge in [0.25, 0.3) is 0 Å². The van der Waals surface area contributed by atoms with Crippen LogP contribution in [0.15, 0.2) is 0 Å². The molecule has 0 bridgehead atoms. The van der Waals surface area contributed by atoms with Crippen LogP contribution in [0, 0.1) is 16.7 Å². The van der Waals surface area contributed by atoms with Crippen molar-refractivity contribution in [1.82, 2.24) is 5.32 Å². The van der Waals surface area contributed by atoms with Gasteiger partial charge in [0, 0.05) is 5.54 Å². The molecule has 70 valence electrons. The van der Waals surface area contributed by atoms with E-state index in [0.29, 0.717) is 0 Å². The average molecular weight is 168 g/mol. The van der Waals surface area contributed by atoms with Crippen LogP contribution in [0.3, 0.4) is 0 Å². The number of nitrogens with one attached hydrogen (secondary N) is 1. The fourth-order valence-corrected chi connectivity index (χ4v) is 0.806. The summed E-state index contributed by atoms with van der Waals surface area (Å²) in [7, 11) is 0. The molecule has 2 nitrogen and oxygen atoms in total. The van der Waals surface area contributed by atoms with Gasteiger partial charge >= 0.3 is 0 Å². The fraction of sp³-hybridized carbons (Fsp3) is 0.900. The molecular weight excluding hydrogens is 148 g/mol. The first kappa shape index (κ1) is 11.4. The van der Waals surface area contributed by atoms with E-state index >= 15 is 0 Å². The van der Waals surface area contributed by atoms with Gasteiger partial charge in [-0.15, -0.1) is 0 Å². The molecule has 0 heterocycles. The molecule has 0 aromatic rings. The molecule has 0 saturated carbocycles. The lowest BCUT2D eigenvalue weighted by Gasteiger charge is -2.23.